The van der Waals surface area contributed by atoms with Gasteiger partial charge in [0.15, 0.2) is 0 Å². The maximum Gasteiger partial charge on any atom is 0.135 e. The van der Waals surface area contributed by atoms with Gasteiger partial charge in [-0.15, -0.1) is 0 Å². The van der Waals surface area contributed by atoms with Crippen LogP contribution >= 0.6 is 15.8 Å². The summed E-state index contributed by atoms with van der Waals surface area (Å²) in [4.78, 5) is 0. The molecule has 1 nitrogen and oxygen atoms in total. The number of hydrogen-bond acceptors (Lipinski definition) is 1. The molecule has 2 unspecified atom stereocenters. The van der Waals surface area contributed by atoms with E-state index in [2.05, 4.69) is 172 Å². The molecule has 0 fully saturated rings. The van der Waals surface area contributed by atoms with E-state index in [0.29, 0.717) is 0 Å². The van der Waals surface area contributed by atoms with Crippen molar-refractivity contribution in [1.82, 2.24) is 0 Å². The van der Waals surface area contributed by atoms with Crippen molar-refractivity contribution >= 4 is 72.0 Å². The molecular weight excluding hydrogens is 606 g/mol. The quantitative estimate of drug-likeness (QED) is 0.121. The fourth-order valence-corrected chi connectivity index (χ4v) is 10.3. The first kappa shape index (κ1) is 31.9. The molecule has 0 radical (unpaired) electrons. The van der Waals surface area contributed by atoms with E-state index in [4.69, 9.17) is 4.74 Å². The van der Waals surface area contributed by atoms with Gasteiger partial charge in [0, 0.05) is 10.6 Å². The van der Waals surface area contributed by atoms with E-state index in [1.165, 1.54) is 21.2 Å². The fourth-order valence-electron chi connectivity index (χ4n) is 5.49. The van der Waals surface area contributed by atoms with Crippen LogP contribution in [0.15, 0.2) is 172 Å². The molecule has 0 bridgehead atoms. The topological polar surface area (TPSA) is 9.23 Å². The molecular formula is C44H36OP2. The van der Waals surface area contributed by atoms with E-state index in [1.807, 2.05) is 24.3 Å². The molecule has 0 saturated heterocycles. The highest BCUT2D eigenvalue weighted by molar-refractivity contribution is 7.80. The third-order valence-corrected chi connectivity index (χ3v) is 12.9. The summed E-state index contributed by atoms with van der Waals surface area (Å²) in [5.41, 5.74) is 4.29. The van der Waals surface area contributed by atoms with Crippen molar-refractivity contribution in [2.75, 3.05) is 0 Å². The molecule has 0 saturated carbocycles. The van der Waals surface area contributed by atoms with Crippen LogP contribution in [-0.4, -0.2) is 0 Å². The third kappa shape index (κ3) is 7.19. The molecule has 0 aromatic heterocycles. The van der Waals surface area contributed by atoms with Crippen LogP contribution in [0.3, 0.4) is 0 Å². The van der Waals surface area contributed by atoms with Gasteiger partial charge in [-0.1, -0.05) is 172 Å². The minimum absolute atomic E-state index is 0.830. The summed E-state index contributed by atoms with van der Waals surface area (Å²) in [5, 5.41) is 7.23. The van der Waals surface area contributed by atoms with Gasteiger partial charge >= 0.3 is 0 Å². The Labute approximate surface area is 281 Å². The second-order valence-electron chi connectivity index (χ2n) is 10.9. The van der Waals surface area contributed by atoms with E-state index in [-0.39, 0.29) is 0 Å². The van der Waals surface area contributed by atoms with Crippen molar-refractivity contribution in [3.63, 3.8) is 0 Å². The Morgan fingerprint density at radius 2 is 0.681 bits per heavy atom. The highest BCUT2D eigenvalue weighted by Crippen LogP contribution is 2.41. The Morgan fingerprint density at radius 3 is 1.02 bits per heavy atom. The molecule has 228 valence electrons. The van der Waals surface area contributed by atoms with Gasteiger partial charge in [0.2, 0.25) is 0 Å². The van der Waals surface area contributed by atoms with Gasteiger partial charge in [0.05, 0.1) is 0 Å². The highest BCUT2D eigenvalue weighted by atomic mass is 31.1. The van der Waals surface area contributed by atoms with Crippen molar-refractivity contribution < 1.29 is 4.74 Å². The van der Waals surface area contributed by atoms with Gasteiger partial charge in [0.25, 0.3) is 0 Å². The summed E-state index contributed by atoms with van der Waals surface area (Å²) in [6, 6.07) is 51.6. The van der Waals surface area contributed by atoms with Crippen molar-refractivity contribution in [1.29, 1.82) is 0 Å². The maximum atomic E-state index is 7.11. The Bertz CT molecular complexity index is 1860. The standard InChI is InChI=1S/C44H36OP2/c1-5-33-19-25-39(26-20-33)46(37-15-11-9-12-16-37)43-31-35(7-3)23-29-41(43)45-42-30-24-36(8-4)32-44(42)47(38-17-13-10-14-18-38)40-27-21-34(6-2)22-28-40/h5-32H,1-4H2. The number of hydrogen-bond donors (Lipinski definition) is 0. The molecule has 0 N–H and O–H groups in total. The molecule has 6 aromatic rings. The predicted octanol–water partition coefficient (Wildman–Crippen LogP) is 9.57. The van der Waals surface area contributed by atoms with E-state index >= 15 is 0 Å². The normalized spacial score (nSPS) is 12.0. The van der Waals surface area contributed by atoms with Gasteiger partial charge in [-0.05, 0) is 83.6 Å². The smallest absolute Gasteiger partial charge is 0.135 e. The lowest BCUT2D eigenvalue weighted by Gasteiger charge is -2.26. The summed E-state index contributed by atoms with van der Waals surface area (Å²) in [6.45, 7) is 16.1. The average molecular weight is 643 g/mol. The highest BCUT2D eigenvalue weighted by Gasteiger charge is 2.25. The molecule has 0 aliphatic heterocycles. The van der Waals surface area contributed by atoms with Crippen molar-refractivity contribution in [2.24, 2.45) is 0 Å². The lowest BCUT2D eigenvalue weighted by molar-refractivity contribution is 0.490. The molecule has 0 amide bonds. The Hall–Kier alpha value is -5.06. The molecule has 0 aliphatic rings. The van der Waals surface area contributed by atoms with Crippen molar-refractivity contribution in [3.8, 4) is 11.5 Å². The largest absolute Gasteiger partial charge is 0.456 e. The lowest BCUT2D eigenvalue weighted by Crippen LogP contribution is -2.24. The number of benzene rings is 6. The van der Waals surface area contributed by atoms with Gasteiger partial charge < -0.3 is 4.74 Å². The van der Waals surface area contributed by atoms with Crippen LogP contribution < -0.4 is 36.6 Å². The average Bonchev–Trinajstić information content (AvgIpc) is 3.14. The van der Waals surface area contributed by atoms with Gasteiger partial charge in [-0.2, -0.15) is 0 Å². The first-order chi connectivity index (χ1) is 23.1. The van der Waals surface area contributed by atoms with Crippen LogP contribution in [0.1, 0.15) is 22.3 Å². The van der Waals surface area contributed by atoms with E-state index in [1.54, 1.807) is 0 Å². The lowest BCUT2D eigenvalue weighted by atomic mass is 10.2. The molecule has 0 heterocycles. The van der Waals surface area contributed by atoms with Crippen molar-refractivity contribution in [3.05, 3.63) is 194 Å². The number of ether oxygens (including phenoxy) is 1. The third-order valence-electron chi connectivity index (χ3n) is 7.94. The van der Waals surface area contributed by atoms with Gasteiger partial charge in [-0.3, -0.25) is 0 Å². The predicted molar refractivity (Wildman–Crippen MR) is 211 cm³/mol. The molecule has 0 spiro atoms. The van der Waals surface area contributed by atoms with Crippen LogP contribution in [0.2, 0.25) is 0 Å². The Morgan fingerprint density at radius 1 is 0.362 bits per heavy atom. The summed E-state index contributed by atoms with van der Waals surface area (Å²) in [6.07, 6.45) is 7.56. The second-order valence-corrected chi connectivity index (χ2v) is 15.3. The molecule has 3 heteroatoms. The summed E-state index contributed by atoms with van der Waals surface area (Å²) in [7, 11) is -1.91. The number of rotatable bonds is 12. The molecule has 47 heavy (non-hydrogen) atoms. The molecule has 0 aliphatic carbocycles. The summed E-state index contributed by atoms with van der Waals surface area (Å²) >= 11 is 0. The van der Waals surface area contributed by atoms with Crippen molar-refractivity contribution in [2.45, 2.75) is 0 Å². The van der Waals surface area contributed by atoms with E-state index in [9.17, 15) is 0 Å². The van der Waals surface area contributed by atoms with E-state index < -0.39 is 15.8 Å². The van der Waals surface area contributed by atoms with Gasteiger partial charge in [-0.25, -0.2) is 0 Å². The van der Waals surface area contributed by atoms with Crippen LogP contribution in [0.4, 0.5) is 0 Å². The summed E-state index contributed by atoms with van der Waals surface area (Å²) < 4.78 is 7.11. The van der Waals surface area contributed by atoms with Crippen LogP contribution in [-0.2, 0) is 0 Å². The molecule has 6 rings (SSSR count). The van der Waals surface area contributed by atoms with Gasteiger partial charge in [0.1, 0.15) is 11.5 Å². The zero-order chi connectivity index (χ0) is 32.6. The molecule has 6 aromatic carbocycles. The molecule has 2 atom stereocenters. The Balaban J connectivity index is 1.54. The fraction of sp³-hybridized carbons (Fsp3) is 0. The second kappa shape index (κ2) is 15.0. The zero-order valence-corrected chi connectivity index (χ0v) is 28.1. The minimum Gasteiger partial charge on any atom is -0.456 e. The SMILES string of the molecule is C=Cc1ccc(P(c2ccccc2)c2cc(C=C)ccc2Oc2ccc(C=C)cc2P(c2ccccc2)c2ccc(C=C)cc2)cc1. The first-order valence-electron chi connectivity index (χ1n) is 15.5. The Kier molecular flexibility index (Phi) is 10.2. The monoisotopic (exact) mass is 642 g/mol. The zero-order valence-electron chi connectivity index (χ0n) is 26.3. The van der Waals surface area contributed by atoms with Crippen LogP contribution in [0.25, 0.3) is 24.3 Å². The van der Waals surface area contributed by atoms with Crippen LogP contribution in [0, 0.1) is 0 Å². The maximum absolute atomic E-state index is 7.11. The van der Waals surface area contributed by atoms with E-state index in [0.717, 1.165) is 44.4 Å². The first-order valence-corrected chi connectivity index (χ1v) is 18.2. The minimum atomic E-state index is -0.957. The summed E-state index contributed by atoms with van der Waals surface area (Å²) in [5.74, 6) is 1.66. The van der Waals surface area contributed by atoms with Crippen LogP contribution in [0.5, 0.6) is 11.5 Å².